The Kier molecular flexibility index (Phi) is 10.6. The zero-order valence-corrected chi connectivity index (χ0v) is 23.3. The number of benzene rings is 1. The number of halogens is 1. The molecule has 0 aliphatic carbocycles. The van der Waals surface area contributed by atoms with Crippen molar-refractivity contribution in [3.8, 4) is 17.9 Å². The molecule has 0 radical (unpaired) electrons. The van der Waals surface area contributed by atoms with Gasteiger partial charge in [-0.05, 0) is 51.7 Å². The summed E-state index contributed by atoms with van der Waals surface area (Å²) in [7, 11) is 5.50. The molecule has 3 rings (SSSR count). The Morgan fingerprint density at radius 3 is 2.73 bits per heavy atom. The highest BCUT2D eigenvalue weighted by Gasteiger charge is 2.49. The van der Waals surface area contributed by atoms with Crippen molar-refractivity contribution in [1.82, 2.24) is 25.1 Å². The second-order valence-corrected chi connectivity index (χ2v) is 9.87. The van der Waals surface area contributed by atoms with Crippen LogP contribution in [0.4, 0.5) is 21.8 Å². The first-order valence-corrected chi connectivity index (χ1v) is 13.0. The van der Waals surface area contributed by atoms with Crippen molar-refractivity contribution in [2.75, 3.05) is 51.4 Å². The minimum Gasteiger partial charge on any atom is -0.372 e. The van der Waals surface area contributed by atoms with E-state index in [2.05, 4.69) is 43.8 Å². The number of anilines is 3. The summed E-state index contributed by atoms with van der Waals surface area (Å²) in [5.41, 5.74) is 0.705. The van der Waals surface area contributed by atoms with Crippen LogP contribution >= 0.6 is 0 Å². The number of carbonyl (C=O) groups is 2. The topological polar surface area (TPSA) is 126 Å². The molecule has 1 aromatic carbocycles. The maximum Gasteiger partial charge on any atom is 0.247 e. The molecule has 1 aromatic heterocycles. The van der Waals surface area contributed by atoms with Crippen molar-refractivity contribution >= 4 is 29.3 Å². The fraction of sp³-hybridized carbons (Fsp3) is 0.414. The van der Waals surface area contributed by atoms with E-state index in [1.54, 1.807) is 50.5 Å². The first kappa shape index (κ1) is 30.1. The predicted octanol–water partition coefficient (Wildman–Crippen LogP) is 2.83. The van der Waals surface area contributed by atoms with Gasteiger partial charge >= 0.3 is 0 Å². The lowest BCUT2D eigenvalue weighted by Crippen LogP contribution is -2.55. The lowest BCUT2D eigenvalue weighted by atomic mass is 9.97. The van der Waals surface area contributed by atoms with Crippen LogP contribution in [0.2, 0.25) is 0 Å². The lowest BCUT2D eigenvalue weighted by molar-refractivity contribution is -0.141. The van der Waals surface area contributed by atoms with Crippen molar-refractivity contribution in [2.24, 2.45) is 0 Å². The van der Waals surface area contributed by atoms with Gasteiger partial charge in [-0.1, -0.05) is 17.9 Å². The van der Waals surface area contributed by atoms with Gasteiger partial charge in [0.1, 0.15) is 17.5 Å². The van der Waals surface area contributed by atoms with Gasteiger partial charge in [-0.25, -0.2) is 9.37 Å². The zero-order chi connectivity index (χ0) is 29.1. The molecule has 11 heteroatoms. The highest BCUT2D eigenvalue weighted by Crippen LogP contribution is 2.31. The second-order valence-electron chi connectivity index (χ2n) is 9.87. The number of unbranched alkanes of at least 4 members (excludes halogenated alkanes) is 1. The summed E-state index contributed by atoms with van der Waals surface area (Å²) < 4.78 is 14.3. The molecule has 3 N–H and O–H groups in total. The van der Waals surface area contributed by atoms with Gasteiger partial charge in [0.2, 0.25) is 17.8 Å². The van der Waals surface area contributed by atoms with E-state index in [0.29, 0.717) is 48.8 Å². The number of alkyl halides is 1. The molecule has 0 saturated carbocycles. The molecular weight excluding hydrogens is 511 g/mol. The Bertz CT molecular complexity index is 1330. The summed E-state index contributed by atoms with van der Waals surface area (Å²) in [6, 6.07) is 9.03. The first-order valence-electron chi connectivity index (χ1n) is 13.0. The number of aromatic nitrogens is 2. The molecule has 2 atom stereocenters. The molecule has 0 bridgehead atoms. The maximum atomic E-state index is 14.3. The number of hydrogen-bond acceptors (Lipinski definition) is 8. The number of rotatable bonds is 10. The van der Waals surface area contributed by atoms with Crippen molar-refractivity contribution in [3.63, 3.8) is 0 Å². The van der Waals surface area contributed by atoms with Crippen molar-refractivity contribution in [1.29, 1.82) is 5.26 Å². The minimum atomic E-state index is -1.25. The second kappa shape index (κ2) is 14.1. The van der Waals surface area contributed by atoms with E-state index in [9.17, 15) is 14.0 Å². The smallest absolute Gasteiger partial charge is 0.247 e. The van der Waals surface area contributed by atoms with E-state index < -0.39 is 11.7 Å². The largest absolute Gasteiger partial charge is 0.372 e. The van der Waals surface area contributed by atoms with Crippen LogP contribution < -0.4 is 16.0 Å². The molecular formula is C29H35FN8O2. The summed E-state index contributed by atoms with van der Waals surface area (Å²) >= 11 is 0. The molecule has 1 aliphatic rings. The fourth-order valence-corrected chi connectivity index (χ4v) is 4.22. The fourth-order valence-electron chi connectivity index (χ4n) is 4.22. The SMILES string of the molecule is CNc1nc(Nc2ccc(C#N)cc2)ncc1C#CCCCNC(=O)[C@]1(C)C[C@H](F)CN1C(=O)/C=C/CN(C)C. The van der Waals surface area contributed by atoms with Crippen LogP contribution in [0.3, 0.4) is 0 Å². The molecule has 1 fully saturated rings. The normalized spacial score (nSPS) is 18.2. The number of nitrogens with one attached hydrogen (secondary N) is 3. The number of hydrogen-bond donors (Lipinski definition) is 3. The zero-order valence-electron chi connectivity index (χ0n) is 23.3. The first-order chi connectivity index (χ1) is 19.2. The van der Waals surface area contributed by atoms with Gasteiger partial charge < -0.3 is 25.8 Å². The third kappa shape index (κ3) is 8.01. The monoisotopic (exact) mass is 546 g/mol. The van der Waals surface area contributed by atoms with Gasteiger partial charge in [0, 0.05) is 44.7 Å². The van der Waals surface area contributed by atoms with Crippen molar-refractivity contribution in [3.05, 3.63) is 53.7 Å². The van der Waals surface area contributed by atoms with Gasteiger partial charge in [-0.2, -0.15) is 10.2 Å². The molecule has 210 valence electrons. The van der Waals surface area contributed by atoms with E-state index in [1.807, 2.05) is 19.0 Å². The Morgan fingerprint density at radius 2 is 2.05 bits per heavy atom. The van der Waals surface area contributed by atoms with E-state index in [0.717, 1.165) is 5.69 Å². The van der Waals surface area contributed by atoms with Crippen LogP contribution in [-0.4, -0.2) is 84.1 Å². The van der Waals surface area contributed by atoms with Crippen molar-refractivity contribution < 1.29 is 14.0 Å². The maximum absolute atomic E-state index is 14.3. The molecule has 0 spiro atoms. The van der Waals surface area contributed by atoms with Crippen molar-refractivity contribution in [2.45, 2.75) is 37.9 Å². The molecule has 2 aromatic rings. The third-order valence-corrected chi connectivity index (χ3v) is 6.36. The molecule has 0 unspecified atom stereocenters. The number of likely N-dealkylation sites (N-methyl/N-ethyl adjacent to an activating group) is 1. The third-order valence-electron chi connectivity index (χ3n) is 6.36. The van der Waals surface area contributed by atoms with E-state index in [-0.39, 0.29) is 24.8 Å². The van der Waals surface area contributed by atoms with Crippen LogP contribution in [0.25, 0.3) is 0 Å². The number of carbonyl (C=O) groups excluding carboxylic acids is 2. The van der Waals surface area contributed by atoms with Gasteiger partial charge in [0.05, 0.1) is 29.9 Å². The molecule has 2 amide bonds. The van der Waals surface area contributed by atoms with Crippen LogP contribution in [0.1, 0.15) is 37.3 Å². The predicted molar refractivity (Wildman–Crippen MR) is 152 cm³/mol. The Morgan fingerprint density at radius 1 is 1.30 bits per heavy atom. The molecule has 1 saturated heterocycles. The minimum absolute atomic E-state index is 0.0330. The lowest BCUT2D eigenvalue weighted by Gasteiger charge is -2.32. The van der Waals surface area contributed by atoms with Gasteiger partial charge in [-0.15, -0.1) is 0 Å². The van der Waals surface area contributed by atoms with E-state index in [1.165, 1.54) is 11.0 Å². The number of amides is 2. The van der Waals surface area contributed by atoms with Crippen LogP contribution in [0.15, 0.2) is 42.6 Å². The number of nitriles is 1. The van der Waals surface area contributed by atoms with Gasteiger partial charge in [0.25, 0.3) is 0 Å². The highest BCUT2D eigenvalue weighted by atomic mass is 19.1. The Labute approximate surface area is 234 Å². The summed E-state index contributed by atoms with van der Waals surface area (Å²) in [5.74, 6) is 6.33. The standard InChI is InChI=1S/C29H35FN8O2/c1-29(17-23(30)20-38(29)25(39)10-8-16-37(3)4)27(40)33-15-7-5-6-9-22-19-34-28(36-26(22)32-2)35-24-13-11-21(18-31)12-14-24/h8,10-14,19,23H,5,7,15-17,20H2,1-4H3,(H,33,40)(H2,32,34,35,36)/b10-8+/t23-,29-/m0/s1. The Hall–Kier alpha value is -4.48. The van der Waals surface area contributed by atoms with Crippen LogP contribution in [-0.2, 0) is 9.59 Å². The molecule has 1 aliphatic heterocycles. The van der Waals surface area contributed by atoms with E-state index in [4.69, 9.17) is 5.26 Å². The van der Waals surface area contributed by atoms with Crippen LogP contribution in [0, 0.1) is 23.2 Å². The molecule has 2 heterocycles. The van der Waals surface area contributed by atoms with Gasteiger partial charge in [0.15, 0.2) is 0 Å². The number of nitrogens with zero attached hydrogens (tertiary/aromatic N) is 5. The summed E-state index contributed by atoms with van der Waals surface area (Å²) in [6.07, 6.45) is 4.53. The summed E-state index contributed by atoms with van der Waals surface area (Å²) in [4.78, 5) is 37.6. The summed E-state index contributed by atoms with van der Waals surface area (Å²) in [5, 5.41) is 17.9. The van der Waals surface area contributed by atoms with Gasteiger partial charge in [-0.3, -0.25) is 9.59 Å². The summed E-state index contributed by atoms with van der Waals surface area (Å²) in [6.45, 7) is 2.43. The van der Waals surface area contributed by atoms with E-state index >= 15 is 0 Å². The molecule has 40 heavy (non-hydrogen) atoms. The highest BCUT2D eigenvalue weighted by molar-refractivity contribution is 5.96. The average molecular weight is 547 g/mol. The quantitative estimate of drug-likeness (QED) is 0.236. The Balaban J connectivity index is 1.51. The van der Waals surface area contributed by atoms with Crippen LogP contribution in [0.5, 0.6) is 0 Å². The molecule has 10 nitrogen and oxygen atoms in total. The number of likely N-dealkylation sites (tertiary alicyclic amines) is 1. The average Bonchev–Trinajstić information content (AvgIpc) is 3.26.